The quantitative estimate of drug-likeness (QED) is 0.186. The number of amides is 1. The predicted molar refractivity (Wildman–Crippen MR) is 137 cm³/mol. The van der Waals surface area contributed by atoms with E-state index in [0.717, 1.165) is 37.3 Å². The van der Waals surface area contributed by atoms with Gasteiger partial charge in [0.15, 0.2) is 5.84 Å². The number of rotatable bonds is 8. The highest BCUT2D eigenvalue weighted by molar-refractivity contribution is 6.17. The second kappa shape index (κ2) is 13.8. The van der Waals surface area contributed by atoms with E-state index < -0.39 is 12.0 Å². The summed E-state index contributed by atoms with van der Waals surface area (Å²) in [6.45, 7) is 8.54. The van der Waals surface area contributed by atoms with Crippen molar-refractivity contribution in [2.45, 2.75) is 31.4 Å². The summed E-state index contributed by atoms with van der Waals surface area (Å²) in [6, 6.07) is 6.65. The molecule has 198 valence electrons. The van der Waals surface area contributed by atoms with E-state index in [-0.39, 0.29) is 18.1 Å². The fourth-order valence-electron chi connectivity index (χ4n) is 4.25. The van der Waals surface area contributed by atoms with E-state index >= 15 is 0 Å². The van der Waals surface area contributed by atoms with Gasteiger partial charge in [-0.15, -0.1) is 11.6 Å². The minimum Gasteiger partial charge on any atom is -0.378 e. The molecule has 1 unspecified atom stereocenters. The number of nitrogens with one attached hydrogen (secondary N) is 1. The number of halogens is 3. The van der Waals surface area contributed by atoms with Crippen molar-refractivity contribution in [1.29, 1.82) is 0 Å². The number of hydrogen-bond acceptors (Lipinski definition) is 6. The summed E-state index contributed by atoms with van der Waals surface area (Å²) in [4.78, 5) is 22.4. The molecule has 3 aliphatic rings. The Kier molecular flexibility index (Phi) is 10.8. The van der Waals surface area contributed by atoms with Crippen LogP contribution in [0.4, 0.5) is 8.78 Å². The highest BCUT2D eigenvalue weighted by atomic mass is 35.5. The molecular weight excluding hydrogens is 492 g/mol. The summed E-state index contributed by atoms with van der Waals surface area (Å²) < 4.78 is 39.6. The number of carbonyl (C=O) groups is 1. The molecule has 1 atom stereocenters. The monoisotopic (exact) mass is 525 g/mol. The van der Waals surface area contributed by atoms with Gasteiger partial charge >= 0.3 is 0 Å². The Morgan fingerprint density at radius 3 is 2.69 bits per heavy atom. The Balaban J connectivity index is 0.000000383. The van der Waals surface area contributed by atoms with Gasteiger partial charge in [-0.1, -0.05) is 18.2 Å². The largest absolute Gasteiger partial charge is 0.378 e. The highest BCUT2D eigenvalue weighted by Crippen LogP contribution is 2.38. The minimum absolute atomic E-state index is 0.0375. The normalized spacial score (nSPS) is 21.3. The van der Waals surface area contributed by atoms with Gasteiger partial charge in [-0.05, 0) is 38.2 Å². The summed E-state index contributed by atoms with van der Waals surface area (Å²) >= 11 is 5.80. The average Bonchev–Trinajstić information content (AvgIpc) is 3.57. The lowest BCUT2D eigenvalue weighted by atomic mass is 9.99. The molecule has 3 aliphatic heterocycles. The van der Waals surface area contributed by atoms with Crippen molar-refractivity contribution in [1.82, 2.24) is 15.1 Å². The van der Waals surface area contributed by atoms with Gasteiger partial charge in [0.1, 0.15) is 6.10 Å². The first-order chi connectivity index (χ1) is 17.4. The van der Waals surface area contributed by atoms with Crippen LogP contribution in [-0.4, -0.2) is 93.9 Å². The van der Waals surface area contributed by atoms with Crippen LogP contribution < -0.4 is 5.32 Å². The number of carbonyl (C=O) groups excluding carboxylic acids is 1. The molecule has 4 rings (SSSR count). The van der Waals surface area contributed by atoms with E-state index in [1.165, 1.54) is 12.1 Å². The molecule has 0 bridgehead atoms. The van der Waals surface area contributed by atoms with Gasteiger partial charge in [-0.25, -0.2) is 4.99 Å². The standard InChI is InChI=1S/C20H25ClF2N4O.C5H9NO2/c1-24-19(16-11-27(2)12-17(16)26-13-21)25-10-14-5-3-6-15(9-14)20(22,23)18-7-4-8-28-18;7-5-6-1-3-8-4-2-6/h3,5-6,9,18,26H,1,4,7-8,10-13H2,2H3;5H,1-4H2. The van der Waals surface area contributed by atoms with E-state index in [1.807, 2.05) is 7.05 Å². The number of nitrogens with zero attached hydrogens (tertiary/aromatic N) is 4. The number of benzene rings is 1. The van der Waals surface area contributed by atoms with Crippen LogP contribution in [-0.2, 0) is 26.7 Å². The number of aliphatic imine (C=N–C) groups is 2. The van der Waals surface area contributed by atoms with Crippen molar-refractivity contribution in [3.63, 3.8) is 0 Å². The van der Waals surface area contributed by atoms with Crippen molar-refractivity contribution >= 4 is 30.6 Å². The number of morpholine rings is 1. The molecule has 0 aliphatic carbocycles. The fourth-order valence-corrected chi connectivity index (χ4v) is 4.41. The first-order valence-electron chi connectivity index (χ1n) is 12.0. The van der Waals surface area contributed by atoms with Crippen LogP contribution in [0, 0.1) is 0 Å². The summed E-state index contributed by atoms with van der Waals surface area (Å²) in [5, 5.41) is 3.12. The maximum absolute atomic E-state index is 14.7. The van der Waals surface area contributed by atoms with Crippen molar-refractivity contribution in [2.24, 2.45) is 9.98 Å². The lowest BCUT2D eigenvalue weighted by molar-refractivity contribution is -0.122. The minimum atomic E-state index is -3.01. The van der Waals surface area contributed by atoms with Gasteiger partial charge in [0.25, 0.3) is 5.92 Å². The van der Waals surface area contributed by atoms with Crippen LogP contribution in [0.25, 0.3) is 0 Å². The Hall–Kier alpha value is -2.40. The van der Waals surface area contributed by atoms with E-state index in [2.05, 4.69) is 26.9 Å². The summed E-state index contributed by atoms with van der Waals surface area (Å²) in [5.74, 6) is -2.50. The summed E-state index contributed by atoms with van der Waals surface area (Å²) in [6.07, 6.45) is 0.849. The summed E-state index contributed by atoms with van der Waals surface area (Å²) in [7, 11) is 1.99. The van der Waals surface area contributed by atoms with Crippen LogP contribution in [0.1, 0.15) is 24.0 Å². The zero-order valence-corrected chi connectivity index (χ0v) is 21.4. The topological polar surface area (TPSA) is 78.8 Å². The van der Waals surface area contributed by atoms with E-state index in [0.29, 0.717) is 50.6 Å². The Labute approximate surface area is 216 Å². The molecule has 8 nitrogen and oxygen atoms in total. The molecular formula is C25H34ClF2N5O3. The van der Waals surface area contributed by atoms with Crippen LogP contribution >= 0.6 is 11.6 Å². The molecule has 2 fully saturated rings. The molecule has 0 saturated carbocycles. The number of ether oxygens (including phenoxy) is 2. The maximum Gasteiger partial charge on any atom is 0.298 e. The molecule has 0 spiro atoms. The molecule has 0 aromatic heterocycles. The SMILES string of the molecule is C=NC(=NCc1cccc(C(F)(F)C2CCCO2)c1)C1=C(NCCl)CN(C)C1.O=CN1CCOCC1. The molecule has 11 heteroatoms. The smallest absolute Gasteiger partial charge is 0.298 e. The zero-order chi connectivity index (χ0) is 26.0. The first-order valence-corrected chi connectivity index (χ1v) is 12.5. The van der Waals surface area contributed by atoms with Crippen molar-refractivity contribution in [2.75, 3.05) is 59.1 Å². The molecule has 1 N–H and O–H groups in total. The third-order valence-corrected chi connectivity index (χ3v) is 6.31. The molecule has 2 saturated heterocycles. The summed E-state index contributed by atoms with van der Waals surface area (Å²) in [5.41, 5.74) is 2.54. The third-order valence-electron chi connectivity index (χ3n) is 6.17. The van der Waals surface area contributed by atoms with Crippen molar-refractivity contribution in [3.05, 3.63) is 46.7 Å². The van der Waals surface area contributed by atoms with Crippen LogP contribution in [0.5, 0.6) is 0 Å². The van der Waals surface area contributed by atoms with Gasteiger partial charge in [0.2, 0.25) is 6.41 Å². The number of alkyl halides is 3. The Bertz CT molecular complexity index is 947. The second-order valence-corrected chi connectivity index (χ2v) is 9.08. The van der Waals surface area contributed by atoms with Gasteiger partial charge in [0, 0.05) is 49.6 Å². The molecule has 1 amide bonds. The predicted octanol–water partition coefficient (Wildman–Crippen LogP) is 3.02. The number of amidine groups is 1. The molecule has 3 heterocycles. The second-order valence-electron chi connectivity index (χ2n) is 8.82. The van der Waals surface area contributed by atoms with Crippen LogP contribution in [0.3, 0.4) is 0 Å². The van der Waals surface area contributed by atoms with E-state index in [4.69, 9.17) is 21.1 Å². The number of hydrogen-bond donors (Lipinski definition) is 1. The first kappa shape index (κ1) is 28.2. The van der Waals surface area contributed by atoms with Gasteiger partial charge in [0.05, 0.1) is 25.8 Å². The zero-order valence-electron chi connectivity index (χ0n) is 20.6. The lowest BCUT2D eigenvalue weighted by Gasteiger charge is -2.23. The Morgan fingerprint density at radius 1 is 1.31 bits per heavy atom. The molecule has 1 aromatic carbocycles. The van der Waals surface area contributed by atoms with Crippen LogP contribution in [0.15, 0.2) is 45.5 Å². The van der Waals surface area contributed by atoms with Crippen LogP contribution in [0.2, 0.25) is 0 Å². The van der Waals surface area contributed by atoms with E-state index in [1.54, 1.807) is 17.0 Å². The molecule has 1 aromatic rings. The highest BCUT2D eigenvalue weighted by Gasteiger charge is 2.44. The van der Waals surface area contributed by atoms with Gasteiger partial charge < -0.3 is 19.7 Å². The fraction of sp³-hybridized carbons (Fsp3) is 0.560. The molecule has 0 radical (unpaired) electrons. The van der Waals surface area contributed by atoms with Gasteiger partial charge in [-0.3, -0.25) is 14.7 Å². The molecule has 36 heavy (non-hydrogen) atoms. The van der Waals surface area contributed by atoms with Crippen molar-refractivity contribution < 1.29 is 23.0 Å². The lowest BCUT2D eigenvalue weighted by Crippen LogP contribution is -2.34. The van der Waals surface area contributed by atoms with Crippen molar-refractivity contribution in [3.8, 4) is 0 Å². The Morgan fingerprint density at radius 2 is 2.08 bits per heavy atom. The van der Waals surface area contributed by atoms with E-state index in [9.17, 15) is 13.6 Å². The maximum atomic E-state index is 14.7. The van der Waals surface area contributed by atoms with Gasteiger partial charge in [-0.2, -0.15) is 8.78 Å². The number of likely N-dealkylation sites (N-methyl/N-ethyl adjacent to an activating group) is 1. The third kappa shape index (κ3) is 7.55. The average molecular weight is 526 g/mol.